The van der Waals surface area contributed by atoms with Gasteiger partial charge in [0.05, 0.1) is 16.5 Å². The van der Waals surface area contributed by atoms with Crippen molar-refractivity contribution in [2.24, 2.45) is 0 Å². The third-order valence-corrected chi connectivity index (χ3v) is 3.36. The van der Waals surface area contributed by atoms with Crippen LogP contribution in [0.15, 0.2) is 21.7 Å². The van der Waals surface area contributed by atoms with Crippen molar-refractivity contribution in [3.05, 3.63) is 17.5 Å². The van der Waals surface area contributed by atoms with Crippen molar-refractivity contribution < 1.29 is 4.79 Å². The molecule has 2 nitrogen and oxygen atoms in total. The summed E-state index contributed by atoms with van der Waals surface area (Å²) < 4.78 is 1.15. The van der Waals surface area contributed by atoms with Crippen molar-refractivity contribution in [2.75, 3.05) is 12.3 Å². The highest BCUT2D eigenvalue weighted by atomic mass is 32.2. The Morgan fingerprint density at radius 3 is 3.23 bits per heavy atom. The number of carbonyl (C=O) groups excluding carboxylic acids is 1. The van der Waals surface area contributed by atoms with Gasteiger partial charge in [-0.25, -0.2) is 0 Å². The van der Waals surface area contributed by atoms with Crippen LogP contribution in [0.5, 0.6) is 0 Å². The van der Waals surface area contributed by atoms with Gasteiger partial charge in [0.15, 0.2) is 0 Å². The van der Waals surface area contributed by atoms with E-state index in [2.05, 4.69) is 11.2 Å². The minimum absolute atomic E-state index is 0.0173. The molecule has 0 fully saturated rings. The molecular weight excluding hydrogens is 202 g/mol. The van der Waals surface area contributed by atoms with Crippen molar-refractivity contribution in [3.63, 3.8) is 0 Å². The van der Waals surface area contributed by atoms with Crippen molar-refractivity contribution >= 4 is 29.0 Å². The molecule has 0 aliphatic rings. The lowest BCUT2D eigenvalue weighted by Gasteiger charge is -1.98. The lowest BCUT2D eigenvalue weighted by molar-refractivity contribution is -0.118. The first-order valence-electron chi connectivity index (χ1n) is 3.69. The number of thioether (sulfide) groups is 1. The van der Waals surface area contributed by atoms with Crippen LogP contribution in [0.4, 0.5) is 0 Å². The molecule has 0 bridgehead atoms. The average Bonchev–Trinajstić information content (AvgIpc) is 2.64. The van der Waals surface area contributed by atoms with E-state index in [4.69, 9.17) is 6.42 Å². The van der Waals surface area contributed by atoms with Gasteiger partial charge in [0.1, 0.15) is 0 Å². The van der Waals surface area contributed by atoms with E-state index in [0.717, 1.165) is 4.21 Å². The molecule has 0 aromatic carbocycles. The number of amides is 1. The summed E-state index contributed by atoms with van der Waals surface area (Å²) in [6.45, 7) is 0.309. The molecule has 1 aromatic heterocycles. The molecule has 0 radical (unpaired) electrons. The molecule has 1 N–H and O–H groups in total. The van der Waals surface area contributed by atoms with Gasteiger partial charge in [-0.2, -0.15) is 0 Å². The highest BCUT2D eigenvalue weighted by molar-refractivity contribution is 8.01. The molecule has 68 valence electrons. The first-order valence-corrected chi connectivity index (χ1v) is 5.56. The first kappa shape index (κ1) is 10.2. The molecule has 13 heavy (non-hydrogen) atoms. The van der Waals surface area contributed by atoms with E-state index in [-0.39, 0.29) is 5.91 Å². The van der Waals surface area contributed by atoms with Crippen LogP contribution in [0, 0.1) is 12.3 Å². The Balaban J connectivity index is 2.20. The van der Waals surface area contributed by atoms with Gasteiger partial charge in [0.25, 0.3) is 0 Å². The first-order chi connectivity index (χ1) is 6.33. The SMILES string of the molecule is C#CCNC(=O)CSc1cccs1. The summed E-state index contributed by atoms with van der Waals surface area (Å²) in [5.74, 6) is 2.77. The van der Waals surface area contributed by atoms with Crippen LogP contribution in [0.25, 0.3) is 0 Å². The highest BCUT2D eigenvalue weighted by Crippen LogP contribution is 2.22. The monoisotopic (exact) mass is 211 g/mol. The number of hydrogen-bond donors (Lipinski definition) is 1. The molecule has 1 amide bonds. The predicted octanol–water partition coefficient (Wildman–Crippen LogP) is 1.59. The molecule has 1 heterocycles. The second-order valence-corrected chi connectivity index (χ2v) is 4.42. The Labute approximate surface area is 85.7 Å². The second-order valence-electron chi connectivity index (χ2n) is 2.20. The average molecular weight is 211 g/mol. The predicted molar refractivity (Wildman–Crippen MR) is 56.9 cm³/mol. The van der Waals surface area contributed by atoms with Gasteiger partial charge < -0.3 is 5.32 Å². The molecule has 1 rings (SSSR count). The maximum Gasteiger partial charge on any atom is 0.231 e. The summed E-state index contributed by atoms with van der Waals surface area (Å²) in [6.07, 6.45) is 5.00. The fourth-order valence-electron chi connectivity index (χ4n) is 0.683. The van der Waals surface area contributed by atoms with Crippen LogP contribution in [-0.2, 0) is 4.79 Å². The smallest absolute Gasteiger partial charge is 0.231 e. The van der Waals surface area contributed by atoms with Crippen molar-refractivity contribution in [1.29, 1.82) is 0 Å². The molecule has 4 heteroatoms. The molecule has 0 unspecified atom stereocenters. The van der Waals surface area contributed by atoms with E-state index in [1.54, 1.807) is 11.3 Å². The fraction of sp³-hybridized carbons (Fsp3) is 0.222. The zero-order chi connectivity index (χ0) is 9.52. The number of hydrogen-bond acceptors (Lipinski definition) is 3. The molecule has 0 aliphatic carbocycles. The van der Waals surface area contributed by atoms with E-state index < -0.39 is 0 Å². The summed E-state index contributed by atoms with van der Waals surface area (Å²) in [4.78, 5) is 11.1. The minimum atomic E-state index is -0.0173. The standard InChI is InChI=1S/C9H9NOS2/c1-2-5-10-8(11)7-13-9-4-3-6-12-9/h1,3-4,6H,5,7H2,(H,10,11). The summed E-state index contributed by atoms with van der Waals surface area (Å²) in [5.41, 5.74) is 0. The molecular formula is C9H9NOS2. The van der Waals surface area contributed by atoms with Gasteiger partial charge in [-0.3, -0.25) is 4.79 Å². The Morgan fingerprint density at radius 2 is 2.62 bits per heavy atom. The quantitative estimate of drug-likeness (QED) is 0.605. The van der Waals surface area contributed by atoms with Gasteiger partial charge >= 0.3 is 0 Å². The number of thiophene rings is 1. The van der Waals surface area contributed by atoms with Crippen LogP contribution < -0.4 is 5.32 Å². The second kappa shape index (κ2) is 5.68. The molecule has 0 aliphatic heterocycles. The van der Waals surface area contributed by atoms with Gasteiger partial charge in [0.2, 0.25) is 5.91 Å². The van der Waals surface area contributed by atoms with E-state index in [1.807, 2.05) is 17.5 Å². The number of terminal acetylenes is 1. The summed E-state index contributed by atoms with van der Waals surface area (Å²) in [5, 5.41) is 4.59. The molecule has 0 saturated carbocycles. The van der Waals surface area contributed by atoms with E-state index in [9.17, 15) is 4.79 Å². The molecule has 0 spiro atoms. The largest absolute Gasteiger partial charge is 0.344 e. The topological polar surface area (TPSA) is 29.1 Å². The van der Waals surface area contributed by atoms with Crippen LogP contribution in [-0.4, -0.2) is 18.2 Å². The zero-order valence-corrected chi connectivity index (χ0v) is 8.58. The number of carbonyl (C=O) groups is 1. The van der Waals surface area contributed by atoms with Crippen LogP contribution >= 0.6 is 23.1 Å². The summed E-state index contributed by atoms with van der Waals surface area (Å²) in [6, 6.07) is 3.95. The van der Waals surface area contributed by atoms with Crippen molar-refractivity contribution in [1.82, 2.24) is 5.32 Å². The fourth-order valence-corrected chi connectivity index (χ4v) is 2.30. The van der Waals surface area contributed by atoms with Gasteiger partial charge in [-0.15, -0.1) is 29.5 Å². The maximum atomic E-state index is 11.1. The molecule has 1 aromatic rings. The van der Waals surface area contributed by atoms with Crippen molar-refractivity contribution in [2.45, 2.75) is 4.21 Å². The van der Waals surface area contributed by atoms with Crippen molar-refractivity contribution in [3.8, 4) is 12.3 Å². The Hall–Kier alpha value is -0.920. The Morgan fingerprint density at radius 1 is 1.77 bits per heavy atom. The maximum absolute atomic E-state index is 11.1. The number of rotatable bonds is 4. The highest BCUT2D eigenvalue weighted by Gasteiger charge is 2.01. The van der Waals surface area contributed by atoms with Crippen LogP contribution in [0.2, 0.25) is 0 Å². The normalized spacial score (nSPS) is 9.15. The van der Waals surface area contributed by atoms with E-state index in [1.165, 1.54) is 11.8 Å². The van der Waals surface area contributed by atoms with Gasteiger partial charge in [-0.1, -0.05) is 12.0 Å². The summed E-state index contributed by atoms with van der Waals surface area (Å²) >= 11 is 3.15. The zero-order valence-electron chi connectivity index (χ0n) is 6.95. The lowest BCUT2D eigenvalue weighted by Crippen LogP contribution is -2.25. The van der Waals surface area contributed by atoms with E-state index in [0.29, 0.717) is 12.3 Å². The summed E-state index contributed by atoms with van der Waals surface area (Å²) in [7, 11) is 0. The molecule has 0 atom stereocenters. The van der Waals surface area contributed by atoms with E-state index >= 15 is 0 Å². The van der Waals surface area contributed by atoms with Crippen LogP contribution in [0.3, 0.4) is 0 Å². The third kappa shape index (κ3) is 4.02. The van der Waals surface area contributed by atoms with Gasteiger partial charge in [-0.05, 0) is 11.4 Å². The van der Waals surface area contributed by atoms with Crippen LogP contribution in [0.1, 0.15) is 0 Å². The lowest BCUT2D eigenvalue weighted by atomic mass is 10.6. The Bertz CT molecular complexity index is 300. The minimum Gasteiger partial charge on any atom is -0.344 e. The molecule has 0 saturated heterocycles. The number of nitrogens with one attached hydrogen (secondary N) is 1. The third-order valence-electron chi connectivity index (χ3n) is 1.23. The Kier molecular flexibility index (Phi) is 4.44. The van der Waals surface area contributed by atoms with Gasteiger partial charge in [0, 0.05) is 0 Å².